The molecule has 0 unspecified atom stereocenters. The predicted molar refractivity (Wildman–Crippen MR) is 75.0 cm³/mol. The fourth-order valence-electron chi connectivity index (χ4n) is 2.22. The van der Waals surface area contributed by atoms with E-state index in [1.165, 1.54) is 5.56 Å². The van der Waals surface area contributed by atoms with Crippen LogP contribution in [0.1, 0.15) is 28.8 Å². The van der Waals surface area contributed by atoms with Gasteiger partial charge in [-0.25, -0.2) is 0 Å². The lowest BCUT2D eigenvalue weighted by Gasteiger charge is -2.17. The van der Waals surface area contributed by atoms with Gasteiger partial charge >= 0.3 is 0 Å². The second-order valence-electron chi connectivity index (χ2n) is 4.71. The summed E-state index contributed by atoms with van der Waals surface area (Å²) in [6, 6.07) is 5.95. The summed E-state index contributed by atoms with van der Waals surface area (Å²) < 4.78 is 0. The van der Waals surface area contributed by atoms with E-state index < -0.39 is 0 Å². The minimum atomic E-state index is 0.0931. The summed E-state index contributed by atoms with van der Waals surface area (Å²) in [4.78, 5) is 14.0. The lowest BCUT2D eigenvalue weighted by atomic mass is 10.1. The number of anilines is 1. The van der Waals surface area contributed by atoms with Crippen molar-refractivity contribution in [1.82, 2.24) is 4.90 Å². The molecule has 1 aromatic carbocycles. The minimum absolute atomic E-state index is 0.0931. The van der Waals surface area contributed by atoms with E-state index in [9.17, 15) is 4.79 Å². The zero-order valence-corrected chi connectivity index (χ0v) is 10.9. The number of benzene rings is 1. The van der Waals surface area contributed by atoms with Gasteiger partial charge in [-0.3, -0.25) is 4.79 Å². The highest BCUT2D eigenvalue weighted by Crippen LogP contribution is 2.23. The summed E-state index contributed by atoms with van der Waals surface area (Å²) in [6.45, 7) is 5.44. The van der Waals surface area contributed by atoms with Crippen molar-refractivity contribution >= 4 is 11.6 Å². The molecule has 1 heterocycles. The number of unbranched alkanes of at least 4 members (excludes halogenated alkanes) is 1. The van der Waals surface area contributed by atoms with Gasteiger partial charge in [0.1, 0.15) is 0 Å². The van der Waals surface area contributed by atoms with E-state index in [2.05, 4.69) is 18.0 Å². The first-order valence-corrected chi connectivity index (χ1v) is 6.45. The molecule has 0 aromatic heterocycles. The lowest BCUT2D eigenvalue weighted by Crippen LogP contribution is -2.27. The van der Waals surface area contributed by atoms with E-state index in [0.29, 0.717) is 0 Å². The van der Waals surface area contributed by atoms with Crippen LogP contribution in [0.2, 0.25) is 0 Å². The number of fused-ring (bicyclic) bond motifs is 1. The Morgan fingerprint density at radius 1 is 1.56 bits per heavy atom. The third-order valence-electron chi connectivity index (χ3n) is 3.32. The molecule has 18 heavy (non-hydrogen) atoms. The fourth-order valence-corrected chi connectivity index (χ4v) is 2.22. The van der Waals surface area contributed by atoms with Crippen LogP contribution in [0.3, 0.4) is 0 Å². The van der Waals surface area contributed by atoms with Crippen molar-refractivity contribution < 1.29 is 4.79 Å². The topological polar surface area (TPSA) is 32.3 Å². The standard InChI is InChI=1S/C15H20N2O/c1-3-4-5-10-17(2)15(18)13-7-6-12-8-9-16-14(12)11-13/h3,6-7,11,16H,1,4-5,8-10H2,2H3. The normalized spacial score (nSPS) is 12.7. The zero-order valence-electron chi connectivity index (χ0n) is 10.9. The Labute approximate surface area is 108 Å². The Hall–Kier alpha value is -1.77. The van der Waals surface area contributed by atoms with Gasteiger partial charge in [0.05, 0.1) is 0 Å². The molecule has 1 aliphatic heterocycles. The van der Waals surface area contributed by atoms with Crippen molar-refractivity contribution in [3.63, 3.8) is 0 Å². The summed E-state index contributed by atoms with van der Waals surface area (Å²) in [5.74, 6) is 0.0931. The number of allylic oxidation sites excluding steroid dienone is 1. The summed E-state index contributed by atoms with van der Waals surface area (Å²) in [5.41, 5.74) is 3.19. The first-order valence-electron chi connectivity index (χ1n) is 6.45. The molecule has 1 amide bonds. The molecule has 2 rings (SSSR count). The third kappa shape index (κ3) is 2.73. The van der Waals surface area contributed by atoms with Gasteiger partial charge in [0.15, 0.2) is 0 Å². The molecule has 0 bridgehead atoms. The maximum absolute atomic E-state index is 12.2. The largest absolute Gasteiger partial charge is 0.384 e. The number of carbonyl (C=O) groups excluding carboxylic acids is 1. The van der Waals surface area contributed by atoms with E-state index in [0.717, 1.165) is 43.6 Å². The zero-order chi connectivity index (χ0) is 13.0. The van der Waals surface area contributed by atoms with Gasteiger partial charge in [0.25, 0.3) is 5.91 Å². The van der Waals surface area contributed by atoms with Crippen molar-refractivity contribution in [2.75, 3.05) is 25.5 Å². The molecule has 0 saturated carbocycles. The number of nitrogens with zero attached hydrogens (tertiary/aromatic N) is 1. The van der Waals surface area contributed by atoms with Crippen molar-refractivity contribution in [2.24, 2.45) is 0 Å². The van der Waals surface area contributed by atoms with Gasteiger partial charge < -0.3 is 10.2 Å². The van der Waals surface area contributed by atoms with Gasteiger partial charge in [-0.1, -0.05) is 12.1 Å². The number of rotatable bonds is 5. The number of carbonyl (C=O) groups is 1. The summed E-state index contributed by atoms with van der Waals surface area (Å²) in [7, 11) is 1.85. The van der Waals surface area contributed by atoms with Crippen LogP contribution >= 0.6 is 0 Å². The van der Waals surface area contributed by atoms with Crippen LogP contribution < -0.4 is 5.32 Å². The van der Waals surface area contributed by atoms with Crippen LogP contribution in [0.4, 0.5) is 5.69 Å². The maximum Gasteiger partial charge on any atom is 0.253 e. The minimum Gasteiger partial charge on any atom is -0.384 e. The Morgan fingerprint density at radius 2 is 2.39 bits per heavy atom. The van der Waals surface area contributed by atoms with Gasteiger partial charge in [-0.2, -0.15) is 0 Å². The molecule has 3 nitrogen and oxygen atoms in total. The highest BCUT2D eigenvalue weighted by Gasteiger charge is 2.15. The van der Waals surface area contributed by atoms with Gasteiger partial charge in [0, 0.05) is 31.4 Å². The van der Waals surface area contributed by atoms with Gasteiger partial charge in [0.2, 0.25) is 0 Å². The van der Waals surface area contributed by atoms with Crippen LogP contribution in [-0.2, 0) is 6.42 Å². The first-order chi connectivity index (χ1) is 8.72. The third-order valence-corrected chi connectivity index (χ3v) is 3.32. The second kappa shape index (κ2) is 5.71. The fraction of sp³-hybridized carbons (Fsp3) is 0.400. The molecule has 1 aliphatic rings. The number of amides is 1. The average Bonchev–Trinajstić information content (AvgIpc) is 2.85. The van der Waals surface area contributed by atoms with Crippen molar-refractivity contribution in [1.29, 1.82) is 0 Å². The number of nitrogens with one attached hydrogen (secondary N) is 1. The average molecular weight is 244 g/mol. The highest BCUT2D eigenvalue weighted by atomic mass is 16.2. The SMILES string of the molecule is C=CCCCN(C)C(=O)c1ccc2c(c1)NCC2. The molecule has 1 aromatic rings. The Kier molecular flexibility index (Phi) is 4.03. The Morgan fingerprint density at radius 3 is 3.17 bits per heavy atom. The molecular weight excluding hydrogens is 224 g/mol. The van der Waals surface area contributed by atoms with Crippen LogP contribution in [0.5, 0.6) is 0 Å². The van der Waals surface area contributed by atoms with Crippen molar-refractivity contribution in [2.45, 2.75) is 19.3 Å². The molecule has 1 N–H and O–H groups in total. The van der Waals surface area contributed by atoms with Crippen LogP contribution in [0, 0.1) is 0 Å². The summed E-state index contributed by atoms with van der Waals surface area (Å²) in [6.07, 6.45) is 4.86. The molecule has 0 fully saturated rings. The quantitative estimate of drug-likeness (QED) is 0.638. The highest BCUT2D eigenvalue weighted by molar-refractivity contribution is 5.95. The second-order valence-corrected chi connectivity index (χ2v) is 4.71. The van der Waals surface area contributed by atoms with Crippen LogP contribution in [0.15, 0.2) is 30.9 Å². The maximum atomic E-state index is 12.2. The lowest BCUT2D eigenvalue weighted by molar-refractivity contribution is 0.0794. The van der Waals surface area contributed by atoms with Crippen LogP contribution in [0.25, 0.3) is 0 Å². The molecule has 0 radical (unpaired) electrons. The molecule has 3 heteroatoms. The smallest absolute Gasteiger partial charge is 0.253 e. The summed E-state index contributed by atoms with van der Waals surface area (Å²) >= 11 is 0. The molecule has 0 aliphatic carbocycles. The van der Waals surface area contributed by atoms with Crippen molar-refractivity contribution in [3.05, 3.63) is 42.0 Å². The van der Waals surface area contributed by atoms with Gasteiger partial charge in [-0.05, 0) is 37.0 Å². The van der Waals surface area contributed by atoms with E-state index in [1.54, 1.807) is 4.90 Å². The van der Waals surface area contributed by atoms with Crippen molar-refractivity contribution in [3.8, 4) is 0 Å². The molecule has 96 valence electrons. The van der Waals surface area contributed by atoms with E-state index in [1.807, 2.05) is 25.3 Å². The molecule has 0 saturated heterocycles. The van der Waals surface area contributed by atoms with E-state index >= 15 is 0 Å². The number of hydrogen-bond acceptors (Lipinski definition) is 2. The monoisotopic (exact) mass is 244 g/mol. The summed E-state index contributed by atoms with van der Waals surface area (Å²) in [5, 5.41) is 3.30. The first kappa shape index (κ1) is 12.7. The Bertz CT molecular complexity index is 454. The van der Waals surface area contributed by atoms with E-state index in [4.69, 9.17) is 0 Å². The van der Waals surface area contributed by atoms with E-state index in [-0.39, 0.29) is 5.91 Å². The Balaban J connectivity index is 2.02. The van der Waals surface area contributed by atoms with Crippen LogP contribution in [-0.4, -0.2) is 30.9 Å². The molecule has 0 spiro atoms. The molecular formula is C15H20N2O. The molecule has 0 atom stereocenters. The number of hydrogen-bond donors (Lipinski definition) is 1. The predicted octanol–water partition coefficient (Wildman–Crippen LogP) is 2.69. The van der Waals surface area contributed by atoms with Gasteiger partial charge in [-0.15, -0.1) is 6.58 Å².